The molecule has 3 heteroatoms. The van der Waals surface area contributed by atoms with Gasteiger partial charge in [-0.2, -0.15) is 0 Å². The molecule has 1 heterocycles. The molecule has 3 unspecified atom stereocenters. The number of likely N-dealkylation sites (tertiary alicyclic amines) is 1. The van der Waals surface area contributed by atoms with Gasteiger partial charge in [0.25, 0.3) is 0 Å². The monoisotopic (exact) mass is 281 g/mol. The van der Waals surface area contributed by atoms with Gasteiger partial charge in [-0.15, -0.1) is 0 Å². The van der Waals surface area contributed by atoms with Gasteiger partial charge in [0.05, 0.1) is 6.10 Å². The summed E-state index contributed by atoms with van der Waals surface area (Å²) in [6.45, 7) is 8.60. The van der Waals surface area contributed by atoms with Crippen LogP contribution in [0, 0.1) is 17.3 Å². The maximum atomic E-state index is 12.2. The van der Waals surface area contributed by atoms with E-state index in [1.165, 1.54) is 0 Å². The van der Waals surface area contributed by atoms with Crippen molar-refractivity contribution in [2.75, 3.05) is 13.1 Å². The first-order valence-electron chi connectivity index (χ1n) is 8.34. The van der Waals surface area contributed by atoms with Crippen LogP contribution in [0.1, 0.15) is 65.7 Å². The number of carbonyl (C=O) groups is 1. The first kappa shape index (κ1) is 15.8. The van der Waals surface area contributed by atoms with Gasteiger partial charge in [0.15, 0.2) is 0 Å². The van der Waals surface area contributed by atoms with Gasteiger partial charge in [-0.3, -0.25) is 4.79 Å². The number of rotatable bonds is 3. The molecule has 1 aliphatic carbocycles. The van der Waals surface area contributed by atoms with E-state index < -0.39 is 0 Å². The number of aliphatic hydroxyl groups is 1. The summed E-state index contributed by atoms with van der Waals surface area (Å²) in [6, 6.07) is 0. The molecule has 2 fully saturated rings. The molecule has 1 saturated carbocycles. The fourth-order valence-corrected chi connectivity index (χ4v) is 3.81. The number of hydrogen-bond acceptors (Lipinski definition) is 2. The molecule has 1 aliphatic heterocycles. The molecule has 0 spiro atoms. The summed E-state index contributed by atoms with van der Waals surface area (Å²) >= 11 is 0. The van der Waals surface area contributed by atoms with Crippen molar-refractivity contribution < 1.29 is 9.90 Å². The van der Waals surface area contributed by atoms with Crippen LogP contribution in [0.5, 0.6) is 0 Å². The summed E-state index contributed by atoms with van der Waals surface area (Å²) in [4.78, 5) is 14.3. The molecule has 0 bridgehead atoms. The maximum absolute atomic E-state index is 12.2. The molecule has 0 aromatic heterocycles. The minimum atomic E-state index is -0.126. The zero-order valence-electron chi connectivity index (χ0n) is 13.4. The molecule has 1 saturated heterocycles. The van der Waals surface area contributed by atoms with E-state index in [9.17, 15) is 9.90 Å². The van der Waals surface area contributed by atoms with Crippen LogP contribution in [0.3, 0.4) is 0 Å². The van der Waals surface area contributed by atoms with Crippen LogP contribution in [-0.2, 0) is 4.79 Å². The topological polar surface area (TPSA) is 40.5 Å². The molecule has 0 aromatic rings. The van der Waals surface area contributed by atoms with Crippen molar-refractivity contribution in [1.29, 1.82) is 0 Å². The van der Waals surface area contributed by atoms with Crippen LogP contribution < -0.4 is 0 Å². The molecule has 3 nitrogen and oxygen atoms in total. The molecule has 20 heavy (non-hydrogen) atoms. The van der Waals surface area contributed by atoms with Crippen LogP contribution >= 0.6 is 0 Å². The highest BCUT2D eigenvalue weighted by molar-refractivity contribution is 5.76. The zero-order chi connectivity index (χ0) is 14.8. The summed E-state index contributed by atoms with van der Waals surface area (Å²) in [7, 11) is 0. The number of amides is 1. The van der Waals surface area contributed by atoms with Crippen molar-refractivity contribution in [3.8, 4) is 0 Å². The first-order chi connectivity index (χ1) is 9.38. The molecular weight excluding hydrogens is 250 g/mol. The van der Waals surface area contributed by atoms with E-state index in [4.69, 9.17) is 0 Å². The Balaban J connectivity index is 1.84. The van der Waals surface area contributed by atoms with Gasteiger partial charge in [0.2, 0.25) is 5.91 Å². The van der Waals surface area contributed by atoms with E-state index >= 15 is 0 Å². The van der Waals surface area contributed by atoms with Gasteiger partial charge in [0.1, 0.15) is 0 Å². The highest BCUT2D eigenvalue weighted by atomic mass is 16.3. The third-order valence-corrected chi connectivity index (χ3v) is 5.42. The average molecular weight is 281 g/mol. The Kier molecular flexibility index (Phi) is 5.11. The van der Waals surface area contributed by atoms with Crippen molar-refractivity contribution in [1.82, 2.24) is 4.90 Å². The Bertz CT molecular complexity index is 334. The highest BCUT2D eigenvalue weighted by Crippen LogP contribution is 2.35. The Morgan fingerprint density at radius 3 is 2.55 bits per heavy atom. The second-order valence-corrected chi connectivity index (χ2v) is 7.82. The van der Waals surface area contributed by atoms with E-state index in [2.05, 4.69) is 25.7 Å². The van der Waals surface area contributed by atoms with Gasteiger partial charge >= 0.3 is 0 Å². The van der Waals surface area contributed by atoms with Gasteiger partial charge in [-0.1, -0.05) is 27.2 Å². The number of nitrogens with zero attached hydrogens (tertiary/aromatic N) is 1. The quantitative estimate of drug-likeness (QED) is 0.863. The zero-order valence-corrected chi connectivity index (χ0v) is 13.4. The van der Waals surface area contributed by atoms with E-state index in [-0.39, 0.29) is 6.10 Å². The highest BCUT2D eigenvalue weighted by Gasteiger charge is 2.31. The second kappa shape index (κ2) is 6.46. The van der Waals surface area contributed by atoms with Crippen molar-refractivity contribution in [3.05, 3.63) is 0 Å². The predicted octanol–water partition coefficient (Wildman–Crippen LogP) is 3.21. The largest absolute Gasteiger partial charge is 0.393 e. The van der Waals surface area contributed by atoms with Gasteiger partial charge in [0, 0.05) is 19.5 Å². The van der Waals surface area contributed by atoms with Crippen LogP contribution in [-0.4, -0.2) is 35.1 Å². The predicted molar refractivity (Wildman–Crippen MR) is 81.3 cm³/mol. The molecule has 0 radical (unpaired) electrons. The first-order valence-corrected chi connectivity index (χ1v) is 8.34. The fourth-order valence-electron chi connectivity index (χ4n) is 3.81. The van der Waals surface area contributed by atoms with Crippen molar-refractivity contribution >= 4 is 5.91 Å². The maximum Gasteiger partial charge on any atom is 0.222 e. The van der Waals surface area contributed by atoms with Crippen LogP contribution in [0.15, 0.2) is 0 Å². The molecule has 1 N–H and O–H groups in total. The van der Waals surface area contributed by atoms with E-state index in [1.807, 2.05) is 0 Å². The third kappa shape index (κ3) is 3.97. The summed E-state index contributed by atoms with van der Waals surface area (Å²) in [5.74, 6) is 1.39. The minimum Gasteiger partial charge on any atom is -0.393 e. The lowest BCUT2D eigenvalue weighted by Gasteiger charge is -2.29. The van der Waals surface area contributed by atoms with Gasteiger partial charge < -0.3 is 10.0 Å². The van der Waals surface area contributed by atoms with Crippen LogP contribution in [0.25, 0.3) is 0 Å². The Hall–Kier alpha value is -0.570. The average Bonchev–Trinajstić information content (AvgIpc) is 2.66. The summed E-state index contributed by atoms with van der Waals surface area (Å²) in [5.41, 5.74) is 0.304. The molecular formula is C17H31NO2. The summed E-state index contributed by atoms with van der Waals surface area (Å²) < 4.78 is 0. The smallest absolute Gasteiger partial charge is 0.222 e. The van der Waals surface area contributed by atoms with Crippen molar-refractivity contribution in [3.63, 3.8) is 0 Å². The Labute approximate surface area is 123 Å². The summed E-state index contributed by atoms with van der Waals surface area (Å²) in [5, 5.41) is 9.89. The lowest BCUT2D eigenvalue weighted by Crippen LogP contribution is -2.33. The number of hydrogen-bond donors (Lipinski definition) is 1. The summed E-state index contributed by atoms with van der Waals surface area (Å²) in [6.07, 6.45) is 6.94. The Morgan fingerprint density at radius 2 is 1.95 bits per heavy atom. The molecule has 2 aliphatic rings. The van der Waals surface area contributed by atoms with Gasteiger partial charge in [-0.05, 0) is 49.4 Å². The lowest BCUT2D eigenvalue weighted by atomic mass is 9.77. The molecule has 1 amide bonds. The normalized spacial score (nSPS) is 32.5. The number of aliphatic hydroxyl groups excluding tert-OH is 1. The van der Waals surface area contributed by atoms with E-state index in [0.717, 1.165) is 51.6 Å². The fraction of sp³-hybridized carbons (Fsp3) is 0.941. The third-order valence-electron chi connectivity index (χ3n) is 5.42. The van der Waals surface area contributed by atoms with Crippen molar-refractivity contribution in [2.45, 2.75) is 71.8 Å². The SMILES string of the molecule is CC(C)(C)C1CCC(=O)N(CCC2CCCC2O)CC1. The number of carbonyl (C=O) groups excluding carboxylic acids is 1. The molecule has 116 valence electrons. The Morgan fingerprint density at radius 1 is 1.20 bits per heavy atom. The van der Waals surface area contributed by atoms with E-state index in [0.29, 0.717) is 29.6 Å². The minimum absolute atomic E-state index is 0.126. The second-order valence-electron chi connectivity index (χ2n) is 7.82. The van der Waals surface area contributed by atoms with Crippen LogP contribution in [0.2, 0.25) is 0 Å². The molecule has 3 atom stereocenters. The van der Waals surface area contributed by atoms with Crippen LogP contribution in [0.4, 0.5) is 0 Å². The molecule has 0 aromatic carbocycles. The standard InChI is InChI=1S/C17H31NO2/c1-17(2,3)14-7-8-16(20)18(12-10-14)11-9-13-5-4-6-15(13)19/h13-15,19H,4-12H2,1-3H3. The van der Waals surface area contributed by atoms with Crippen molar-refractivity contribution in [2.24, 2.45) is 17.3 Å². The lowest BCUT2D eigenvalue weighted by molar-refractivity contribution is -0.131. The van der Waals surface area contributed by atoms with Gasteiger partial charge in [-0.25, -0.2) is 0 Å². The molecule has 2 rings (SSSR count). The van der Waals surface area contributed by atoms with E-state index in [1.54, 1.807) is 0 Å².